The summed E-state index contributed by atoms with van der Waals surface area (Å²) in [6.07, 6.45) is 2.63. The molecule has 0 aliphatic carbocycles. The molecule has 6 heteroatoms. The molecule has 1 aliphatic rings. The van der Waals surface area contributed by atoms with Crippen molar-refractivity contribution >= 4 is 41.3 Å². The van der Waals surface area contributed by atoms with E-state index < -0.39 is 0 Å². The predicted octanol–water partition coefficient (Wildman–Crippen LogP) is 3.47. The zero-order valence-electron chi connectivity index (χ0n) is 13.8. The summed E-state index contributed by atoms with van der Waals surface area (Å²) < 4.78 is 0. The Morgan fingerprint density at radius 3 is 2.64 bits per heavy atom. The number of hydrogen-bond donors (Lipinski definition) is 2. The van der Waals surface area contributed by atoms with E-state index in [1.165, 1.54) is 30.8 Å². The number of aliphatic imine (C=N–C) groups is 1. The van der Waals surface area contributed by atoms with Gasteiger partial charge in [0.2, 0.25) is 0 Å². The van der Waals surface area contributed by atoms with Crippen LogP contribution in [0.1, 0.15) is 44.5 Å². The summed E-state index contributed by atoms with van der Waals surface area (Å²) in [6, 6.07) is 5.21. The first-order chi connectivity index (χ1) is 10.2. The van der Waals surface area contributed by atoms with E-state index in [-0.39, 0.29) is 24.0 Å². The van der Waals surface area contributed by atoms with E-state index in [4.69, 9.17) is 4.99 Å². The second-order valence-electron chi connectivity index (χ2n) is 5.79. The Morgan fingerprint density at radius 2 is 2.09 bits per heavy atom. The Labute approximate surface area is 155 Å². The summed E-state index contributed by atoms with van der Waals surface area (Å²) in [5.41, 5.74) is 0. The average molecular weight is 436 g/mol. The third-order valence-electron chi connectivity index (χ3n) is 3.64. The van der Waals surface area contributed by atoms with Crippen molar-refractivity contribution in [3.63, 3.8) is 0 Å². The van der Waals surface area contributed by atoms with Crippen LogP contribution in [-0.2, 0) is 0 Å². The third-order valence-corrected chi connectivity index (χ3v) is 4.62. The fourth-order valence-electron chi connectivity index (χ4n) is 2.69. The van der Waals surface area contributed by atoms with Gasteiger partial charge < -0.3 is 10.6 Å². The van der Waals surface area contributed by atoms with Crippen LogP contribution < -0.4 is 10.6 Å². The van der Waals surface area contributed by atoms with Gasteiger partial charge in [-0.3, -0.25) is 9.89 Å². The Bertz CT molecular complexity index is 427. The quantitative estimate of drug-likeness (QED) is 0.408. The van der Waals surface area contributed by atoms with E-state index in [2.05, 4.69) is 53.8 Å². The molecule has 1 fully saturated rings. The van der Waals surface area contributed by atoms with Crippen molar-refractivity contribution in [2.24, 2.45) is 4.99 Å². The lowest BCUT2D eigenvalue weighted by Gasteiger charge is -2.25. The number of rotatable bonds is 6. The van der Waals surface area contributed by atoms with E-state index in [1.807, 2.05) is 11.3 Å². The Kier molecular flexibility index (Phi) is 9.35. The summed E-state index contributed by atoms with van der Waals surface area (Å²) in [7, 11) is 0. The SMILES string of the molecule is CCNC(=NCC(c1cccs1)N1CCCC1)NC(C)C.I. The number of thiophene rings is 1. The van der Waals surface area contributed by atoms with Crippen molar-refractivity contribution in [1.29, 1.82) is 0 Å². The molecule has 1 unspecified atom stereocenters. The molecule has 2 rings (SSSR count). The van der Waals surface area contributed by atoms with Crippen LogP contribution >= 0.6 is 35.3 Å². The van der Waals surface area contributed by atoms with Crippen LogP contribution in [0.3, 0.4) is 0 Å². The fourth-order valence-corrected chi connectivity index (χ4v) is 3.54. The van der Waals surface area contributed by atoms with Gasteiger partial charge in [-0.15, -0.1) is 35.3 Å². The number of nitrogens with one attached hydrogen (secondary N) is 2. The topological polar surface area (TPSA) is 39.7 Å². The van der Waals surface area contributed by atoms with Crippen LogP contribution in [0.15, 0.2) is 22.5 Å². The molecule has 1 atom stereocenters. The molecular weight excluding hydrogens is 407 g/mol. The highest BCUT2D eigenvalue weighted by Crippen LogP contribution is 2.28. The number of hydrogen-bond acceptors (Lipinski definition) is 3. The summed E-state index contributed by atoms with van der Waals surface area (Å²) in [6.45, 7) is 10.5. The zero-order chi connectivity index (χ0) is 15.1. The van der Waals surface area contributed by atoms with Crippen molar-refractivity contribution in [3.8, 4) is 0 Å². The van der Waals surface area contributed by atoms with E-state index in [9.17, 15) is 0 Å². The van der Waals surface area contributed by atoms with Gasteiger partial charge in [0.25, 0.3) is 0 Å². The van der Waals surface area contributed by atoms with Gasteiger partial charge in [-0.2, -0.15) is 0 Å². The molecule has 0 spiro atoms. The molecular formula is C16H29IN4S. The molecule has 2 heterocycles. The Balaban J connectivity index is 0.00000242. The van der Waals surface area contributed by atoms with Gasteiger partial charge in [0, 0.05) is 17.5 Å². The summed E-state index contributed by atoms with van der Waals surface area (Å²) in [4.78, 5) is 8.82. The van der Waals surface area contributed by atoms with Crippen LogP contribution in [0.5, 0.6) is 0 Å². The highest BCUT2D eigenvalue weighted by Gasteiger charge is 2.24. The van der Waals surface area contributed by atoms with Crippen molar-refractivity contribution in [2.45, 2.75) is 45.7 Å². The van der Waals surface area contributed by atoms with Gasteiger partial charge in [-0.25, -0.2) is 0 Å². The van der Waals surface area contributed by atoms with Crippen LogP contribution in [0, 0.1) is 0 Å². The van der Waals surface area contributed by atoms with Crippen molar-refractivity contribution < 1.29 is 0 Å². The minimum Gasteiger partial charge on any atom is -0.357 e. The van der Waals surface area contributed by atoms with E-state index in [0.717, 1.165) is 19.0 Å². The minimum absolute atomic E-state index is 0. The Morgan fingerprint density at radius 1 is 1.36 bits per heavy atom. The monoisotopic (exact) mass is 436 g/mol. The summed E-state index contributed by atoms with van der Waals surface area (Å²) in [5.74, 6) is 0.924. The lowest BCUT2D eigenvalue weighted by molar-refractivity contribution is 0.255. The lowest BCUT2D eigenvalue weighted by atomic mass is 10.2. The molecule has 1 aliphatic heterocycles. The molecule has 22 heavy (non-hydrogen) atoms. The molecule has 0 saturated carbocycles. The molecule has 126 valence electrons. The molecule has 0 radical (unpaired) electrons. The molecule has 1 saturated heterocycles. The number of halogens is 1. The standard InChI is InChI=1S/C16H28N4S.HI/c1-4-17-16(19-13(2)3)18-12-14(15-8-7-11-21-15)20-9-5-6-10-20;/h7-8,11,13-14H,4-6,9-10,12H2,1-3H3,(H2,17,18,19);1H. The number of guanidine groups is 1. The van der Waals surface area contributed by atoms with Gasteiger partial charge in [0.15, 0.2) is 5.96 Å². The largest absolute Gasteiger partial charge is 0.357 e. The zero-order valence-corrected chi connectivity index (χ0v) is 17.0. The molecule has 0 bridgehead atoms. The van der Waals surface area contributed by atoms with Crippen LogP contribution in [0.4, 0.5) is 0 Å². The minimum atomic E-state index is 0. The third kappa shape index (κ3) is 6.04. The molecule has 0 amide bonds. The molecule has 0 aromatic carbocycles. The van der Waals surface area contributed by atoms with Crippen molar-refractivity contribution in [1.82, 2.24) is 15.5 Å². The first-order valence-electron chi connectivity index (χ1n) is 8.03. The molecule has 1 aromatic heterocycles. The fraction of sp³-hybridized carbons (Fsp3) is 0.688. The maximum absolute atomic E-state index is 4.81. The normalized spacial score (nSPS) is 17.4. The van der Waals surface area contributed by atoms with Crippen LogP contribution in [0.2, 0.25) is 0 Å². The maximum Gasteiger partial charge on any atom is 0.191 e. The highest BCUT2D eigenvalue weighted by molar-refractivity contribution is 14.0. The first-order valence-corrected chi connectivity index (χ1v) is 8.91. The van der Waals surface area contributed by atoms with Gasteiger partial charge in [0.05, 0.1) is 12.6 Å². The summed E-state index contributed by atoms with van der Waals surface area (Å²) >= 11 is 1.85. The van der Waals surface area contributed by atoms with Crippen LogP contribution in [-0.4, -0.2) is 43.1 Å². The van der Waals surface area contributed by atoms with E-state index in [1.54, 1.807) is 0 Å². The average Bonchev–Trinajstić information content (AvgIpc) is 3.11. The molecule has 2 N–H and O–H groups in total. The maximum atomic E-state index is 4.81. The summed E-state index contributed by atoms with van der Waals surface area (Å²) in [5, 5.41) is 8.89. The van der Waals surface area contributed by atoms with Gasteiger partial charge in [0.1, 0.15) is 0 Å². The molecule has 1 aromatic rings. The van der Waals surface area contributed by atoms with E-state index in [0.29, 0.717) is 12.1 Å². The van der Waals surface area contributed by atoms with Gasteiger partial charge in [-0.1, -0.05) is 6.07 Å². The van der Waals surface area contributed by atoms with Gasteiger partial charge >= 0.3 is 0 Å². The van der Waals surface area contributed by atoms with Crippen LogP contribution in [0.25, 0.3) is 0 Å². The Hall–Kier alpha value is -0.340. The van der Waals surface area contributed by atoms with Gasteiger partial charge in [-0.05, 0) is 58.1 Å². The number of nitrogens with zero attached hydrogens (tertiary/aromatic N) is 2. The lowest BCUT2D eigenvalue weighted by Crippen LogP contribution is -2.41. The second kappa shape index (κ2) is 10.4. The number of likely N-dealkylation sites (tertiary alicyclic amines) is 1. The predicted molar refractivity (Wildman–Crippen MR) is 108 cm³/mol. The molecule has 4 nitrogen and oxygen atoms in total. The van der Waals surface area contributed by atoms with E-state index >= 15 is 0 Å². The van der Waals surface area contributed by atoms with Crippen molar-refractivity contribution in [3.05, 3.63) is 22.4 Å². The van der Waals surface area contributed by atoms with Crippen molar-refractivity contribution in [2.75, 3.05) is 26.2 Å². The second-order valence-corrected chi connectivity index (χ2v) is 6.77. The first kappa shape index (κ1) is 19.7. The highest BCUT2D eigenvalue weighted by atomic mass is 127. The smallest absolute Gasteiger partial charge is 0.191 e.